The second-order valence-corrected chi connectivity index (χ2v) is 25.3. The largest absolute Gasteiger partial charge is 0.374 e. The predicted molar refractivity (Wildman–Crippen MR) is 344 cm³/mol. The van der Waals surface area contributed by atoms with Crippen LogP contribution in [0, 0.1) is 0 Å². The summed E-state index contributed by atoms with van der Waals surface area (Å²) in [5, 5.41) is 2.54. The molecule has 0 unspecified atom stereocenters. The quantitative estimate of drug-likeness (QED) is 0.140. The maximum absolute atomic E-state index is 2.77. The lowest BCUT2D eigenvalue weighted by molar-refractivity contribution is 0.590. The molecule has 0 bridgehead atoms. The molecule has 0 spiro atoms. The van der Waals surface area contributed by atoms with Crippen LogP contribution < -0.4 is 25.6 Å². The summed E-state index contributed by atoms with van der Waals surface area (Å²) in [6.45, 7) is 6.80. The van der Waals surface area contributed by atoms with Gasteiger partial charge in [0, 0.05) is 97.2 Å². The summed E-state index contributed by atoms with van der Waals surface area (Å²) in [4.78, 5) is 12.7. The lowest BCUT2D eigenvalue weighted by Crippen LogP contribution is -2.57. The number of thiophene rings is 1. The molecule has 13 aromatic rings. The first-order valence-electron chi connectivity index (χ1n) is 27.4. The Balaban J connectivity index is 1.09. The fourth-order valence-electron chi connectivity index (χ4n) is 12.7. The third-order valence-corrected chi connectivity index (χ3v) is 20.0. The molecule has 0 saturated heterocycles. The first-order chi connectivity index (χ1) is 39.3. The van der Waals surface area contributed by atoms with E-state index in [0.29, 0.717) is 0 Å². The van der Waals surface area contributed by atoms with E-state index in [9.17, 15) is 0 Å². The van der Waals surface area contributed by atoms with E-state index in [2.05, 4.69) is 295 Å². The minimum absolute atomic E-state index is 0.0818. The molecule has 16 rings (SSSR count). The predicted octanol–water partition coefficient (Wildman–Crippen LogP) is 19.9. The van der Waals surface area contributed by atoms with Gasteiger partial charge >= 0.3 is 6.85 Å². The summed E-state index contributed by atoms with van der Waals surface area (Å²) in [6, 6.07) is 95.0. The van der Waals surface area contributed by atoms with Gasteiger partial charge in [0.1, 0.15) is 0 Å². The Kier molecular flexibility index (Phi) is 10.9. The molecular weight excluding hydrogens is 1030 g/mol. The first kappa shape index (κ1) is 47.4. The topological polar surface area (TPSA) is 14.7 Å². The molecule has 0 aliphatic carbocycles. The number of hydrogen-bond acceptors (Lipinski definition) is 6. The minimum atomic E-state index is -0.181. The number of rotatable bonds is 8. The first-order valence-corrected chi connectivity index (χ1v) is 29.9. The molecular formula is C72H51BN4S3. The van der Waals surface area contributed by atoms with Gasteiger partial charge in [0.2, 0.25) is 0 Å². The van der Waals surface area contributed by atoms with Gasteiger partial charge in [-0.2, -0.15) is 0 Å². The summed E-state index contributed by atoms with van der Waals surface area (Å²) in [5.74, 6) is 0. The number of aromatic nitrogens is 1. The van der Waals surface area contributed by atoms with E-state index in [-0.39, 0.29) is 12.3 Å². The van der Waals surface area contributed by atoms with Gasteiger partial charge in [-0.05, 0) is 148 Å². The van der Waals surface area contributed by atoms with Crippen LogP contribution in [0.2, 0.25) is 0 Å². The van der Waals surface area contributed by atoms with E-state index >= 15 is 0 Å². The van der Waals surface area contributed by atoms with Crippen LogP contribution in [0.15, 0.2) is 274 Å². The number of fused-ring (bicyclic) bond motifs is 11. The van der Waals surface area contributed by atoms with Crippen LogP contribution in [0.25, 0.3) is 53.5 Å². The van der Waals surface area contributed by atoms with Gasteiger partial charge in [-0.3, -0.25) is 0 Å². The molecule has 3 aliphatic heterocycles. The molecule has 3 aliphatic rings. The van der Waals surface area contributed by atoms with Crippen LogP contribution in [0.1, 0.15) is 26.3 Å². The van der Waals surface area contributed by atoms with Crippen LogP contribution >= 0.6 is 34.9 Å². The van der Waals surface area contributed by atoms with E-state index < -0.39 is 0 Å². The molecule has 2 aromatic heterocycles. The smallest absolute Gasteiger partial charge is 0.333 e. The van der Waals surface area contributed by atoms with Gasteiger partial charge in [0.05, 0.1) is 15.9 Å². The lowest BCUT2D eigenvalue weighted by atomic mass is 9.45. The van der Waals surface area contributed by atoms with Crippen LogP contribution in [0.4, 0.5) is 51.2 Å². The summed E-state index contributed by atoms with van der Waals surface area (Å²) < 4.78 is 5.37. The summed E-state index contributed by atoms with van der Waals surface area (Å²) in [7, 11) is 0. The second kappa shape index (κ2) is 18.5. The minimum Gasteiger partial charge on any atom is -0.374 e. The summed E-state index contributed by atoms with van der Waals surface area (Å²) in [5.41, 5.74) is 21.3. The van der Waals surface area contributed by atoms with E-state index in [1.54, 1.807) is 0 Å². The highest BCUT2D eigenvalue weighted by atomic mass is 32.2. The molecule has 0 atom stereocenters. The third-order valence-electron chi connectivity index (χ3n) is 16.3. The van der Waals surface area contributed by atoms with E-state index in [4.69, 9.17) is 0 Å². The average molecular weight is 1080 g/mol. The molecule has 4 nitrogen and oxygen atoms in total. The van der Waals surface area contributed by atoms with Crippen molar-refractivity contribution in [1.29, 1.82) is 0 Å². The van der Waals surface area contributed by atoms with Crippen molar-refractivity contribution < 1.29 is 0 Å². The zero-order valence-corrected chi connectivity index (χ0v) is 46.8. The molecule has 380 valence electrons. The monoisotopic (exact) mass is 1080 g/mol. The molecule has 80 heavy (non-hydrogen) atoms. The number of nitrogens with zero attached hydrogens (tertiary/aromatic N) is 4. The van der Waals surface area contributed by atoms with Gasteiger partial charge in [0.25, 0.3) is 0 Å². The Bertz CT molecular complexity index is 4510. The van der Waals surface area contributed by atoms with E-state index in [0.717, 1.165) is 45.5 Å². The Morgan fingerprint density at radius 3 is 1.51 bits per heavy atom. The van der Waals surface area contributed by atoms with E-state index in [1.165, 1.54) is 95.2 Å². The molecule has 0 radical (unpaired) electrons. The normalized spacial score (nSPS) is 13.0. The number of benzene rings is 11. The lowest BCUT2D eigenvalue weighted by Gasteiger charge is -2.43. The van der Waals surface area contributed by atoms with Crippen LogP contribution in [-0.4, -0.2) is 11.3 Å². The van der Waals surface area contributed by atoms with Gasteiger partial charge in [-0.25, -0.2) is 0 Å². The Morgan fingerprint density at radius 1 is 0.388 bits per heavy atom. The molecule has 0 fully saturated rings. The summed E-state index contributed by atoms with van der Waals surface area (Å²) in [6.07, 6.45) is 0. The Labute approximate surface area is 479 Å². The van der Waals surface area contributed by atoms with Gasteiger partial charge in [-0.1, -0.05) is 184 Å². The van der Waals surface area contributed by atoms with Crippen molar-refractivity contribution >= 4 is 135 Å². The fraction of sp³-hybridized carbons (Fsp3) is 0.0556. The van der Waals surface area contributed by atoms with Crippen molar-refractivity contribution in [3.05, 3.63) is 260 Å². The summed E-state index contributed by atoms with van der Waals surface area (Å²) >= 11 is 5.72. The highest BCUT2D eigenvalue weighted by molar-refractivity contribution is 8.05. The number of hydrogen-bond donors (Lipinski definition) is 0. The molecule has 0 saturated carbocycles. The van der Waals surface area contributed by atoms with Crippen molar-refractivity contribution in [2.24, 2.45) is 0 Å². The second-order valence-electron chi connectivity index (χ2n) is 22.1. The highest BCUT2D eigenvalue weighted by Crippen LogP contribution is 2.56. The number of anilines is 9. The molecule has 0 amide bonds. The van der Waals surface area contributed by atoms with Crippen LogP contribution in [0.5, 0.6) is 0 Å². The molecule has 8 heteroatoms. The van der Waals surface area contributed by atoms with Gasteiger partial charge < -0.3 is 19.2 Å². The van der Waals surface area contributed by atoms with Crippen molar-refractivity contribution in [3.63, 3.8) is 0 Å². The molecule has 11 aromatic carbocycles. The van der Waals surface area contributed by atoms with Crippen molar-refractivity contribution in [2.75, 3.05) is 14.7 Å². The van der Waals surface area contributed by atoms with Gasteiger partial charge in [-0.15, -0.1) is 11.3 Å². The zero-order valence-electron chi connectivity index (χ0n) is 44.3. The highest BCUT2D eigenvalue weighted by Gasteiger charge is 2.46. The standard InChI is InChI=1S/C72H51BN4S3/c1-72(2,3)47-37-38-60(55(39-47)46-23-9-4-10-24-46)76-61-45-67-66(78-64-35-21-22-36-65(64)79-67)44-59(61)73-68-56(40-53(43-62(68)76)75(50-29-15-7-16-30-50)51-31-17-8-18-32-51)57-41-52(74(48-25-11-5-12-26-48)49-27-13-6-14-28-49)42-58-69(57)77(73)70-54-33-19-20-34-63(54)80-71(58)70/h4-45H,1-3H3. The SMILES string of the molecule is CC(C)(C)c1ccc(N2c3cc4c(cc3B3c5c(cc(N(c6ccccc6)c6ccccc6)cc52)-c2cc(N(c5ccccc5)c5ccccc5)cc5c6sc7ccccc7c6n3c25)Sc2ccccc2S4)c(-c2ccccc2)c1. The molecule has 0 N–H and O–H groups in total. The average Bonchev–Trinajstić information content (AvgIpc) is 3.46. The Hall–Kier alpha value is -8.66. The fourth-order valence-corrected chi connectivity index (χ4v) is 16.2. The van der Waals surface area contributed by atoms with Crippen molar-refractivity contribution in [3.8, 4) is 22.3 Å². The number of para-hydroxylation sites is 4. The maximum Gasteiger partial charge on any atom is 0.333 e. The maximum atomic E-state index is 2.77. The van der Waals surface area contributed by atoms with Crippen LogP contribution in [0.3, 0.4) is 0 Å². The van der Waals surface area contributed by atoms with Crippen molar-refractivity contribution in [1.82, 2.24) is 4.48 Å². The Morgan fingerprint density at radius 2 is 0.912 bits per heavy atom. The third kappa shape index (κ3) is 7.46. The zero-order chi connectivity index (χ0) is 53.2. The van der Waals surface area contributed by atoms with Crippen LogP contribution in [-0.2, 0) is 5.41 Å². The van der Waals surface area contributed by atoms with Crippen molar-refractivity contribution in [2.45, 2.75) is 45.8 Å². The van der Waals surface area contributed by atoms with E-state index in [1.807, 2.05) is 34.9 Å². The molecule has 5 heterocycles. The van der Waals surface area contributed by atoms with Gasteiger partial charge in [0.15, 0.2) is 0 Å².